The van der Waals surface area contributed by atoms with Gasteiger partial charge in [0.15, 0.2) is 0 Å². The van der Waals surface area contributed by atoms with E-state index in [1.165, 1.54) is 24.3 Å². The lowest BCUT2D eigenvalue weighted by Gasteiger charge is -2.16. The quantitative estimate of drug-likeness (QED) is 0.371. The van der Waals surface area contributed by atoms with E-state index in [1.807, 2.05) is 36.4 Å². The average Bonchev–Trinajstić information content (AvgIpc) is 2.73. The van der Waals surface area contributed by atoms with Crippen molar-refractivity contribution in [3.8, 4) is 5.75 Å². The van der Waals surface area contributed by atoms with Crippen LogP contribution >= 0.6 is 11.6 Å². The van der Waals surface area contributed by atoms with Crippen LogP contribution in [0.15, 0.2) is 78.9 Å². The number of ether oxygens (including phenoxy) is 1. The second-order valence-corrected chi connectivity index (χ2v) is 7.06. The maximum absolute atomic E-state index is 13.3. The molecule has 146 valence electrons. The van der Waals surface area contributed by atoms with Crippen LogP contribution in [-0.4, -0.2) is 0 Å². The Balaban J connectivity index is 1.62. The van der Waals surface area contributed by atoms with E-state index in [4.69, 9.17) is 16.3 Å². The lowest BCUT2D eigenvalue weighted by molar-refractivity contribution is 0.304. The molecule has 0 aromatic heterocycles. The van der Waals surface area contributed by atoms with E-state index >= 15 is 0 Å². The van der Waals surface area contributed by atoms with Crippen molar-refractivity contribution in [2.75, 3.05) is 5.32 Å². The second-order valence-electron chi connectivity index (χ2n) is 6.65. The van der Waals surface area contributed by atoms with E-state index in [2.05, 4.69) is 5.32 Å². The molecule has 29 heavy (non-hydrogen) atoms. The zero-order valence-corrected chi connectivity index (χ0v) is 16.2. The molecule has 5 heteroatoms. The Morgan fingerprint density at radius 1 is 0.828 bits per heavy atom. The summed E-state index contributed by atoms with van der Waals surface area (Å²) in [7, 11) is 0. The van der Waals surface area contributed by atoms with Crippen molar-refractivity contribution < 1.29 is 13.5 Å². The zero-order chi connectivity index (χ0) is 20.2. The zero-order valence-electron chi connectivity index (χ0n) is 15.5. The van der Waals surface area contributed by atoms with Gasteiger partial charge in [-0.15, -0.1) is 0 Å². The van der Waals surface area contributed by atoms with Gasteiger partial charge in [0.25, 0.3) is 0 Å². The monoisotopic (exact) mass is 409 g/mol. The van der Waals surface area contributed by atoms with Crippen LogP contribution in [0, 0.1) is 11.6 Å². The van der Waals surface area contributed by atoms with Crippen LogP contribution in [0.25, 0.3) is 10.8 Å². The van der Waals surface area contributed by atoms with E-state index in [1.54, 1.807) is 18.2 Å². The van der Waals surface area contributed by atoms with Gasteiger partial charge in [-0.25, -0.2) is 8.78 Å². The number of anilines is 1. The van der Waals surface area contributed by atoms with Crippen molar-refractivity contribution in [1.29, 1.82) is 0 Å². The molecule has 0 aliphatic carbocycles. The van der Waals surface area contributed by atoms with Crippen molar-refractivity contribution in [1.82, 2.24) is 0 Å². The van der Waals surface area contributed by atoms with Gasteiger partial charge in [-0.05, 0) is 53.2 Å². The average molecular weight is 410 g/mol. The minimum Gasteiger partial charge on any atom is -0.488 e. The molecule has 0 saturated carbocycles. The molecule has 0 heterocycles. The Labute approximate surface area is 172 Å². The standard InChI is InChI=1S/C24H18ClF2NO/c25-23-13-19(27)7-5-17(23)15-29-24-12-6-16-3-1-2-4-21(16)22(24)14-28-20-10-8-18(26)9-11-20/h1-13,28H,14-15H2. The fourth-order valence-electron chi connectivity index (χ4n) is 3.19. The SMILES string of the molecule is Fc1ccc(NCc2c(OCc3ccc(F)cc3Cl)ccc3ccccc23)cc1. The first-order valence-electron chi connectivity index (χ1n) is 9.17. The largest absolute Gasteiger partial charge is 0.488 e. The molecule has 0 bridgehead atoms. The van der Waals surface area contributed by atoms with Crippen molar-refractivity contribution in [2.45, 2.75) is 13.2 Å². The summed E-state index contributed by atoms with van der Waals surface area (Å²) in [5, 5.41) is 5.80. The summed E-state index contributed by atoms with van der Waals surface area (Å²) in [6, 6.07) is 22.4. The fraction of sp³-hybridized carbons (Fsp3) is 0.0833. The van der Waals surface area contributed by atoms with Gasteiger partial charge in [-0.1, -0.05) is 48.0 Å². The Morgan fingerprint density at radius 3 is 2.38 bits per heavy atom. The lowest BCUT2D eigenvalue weighted by atomic mass is 10.0. The predicted molar refractivity (Wildman–Crippen MR) is 113 cm³/mol. The highest BCUT2D eigenvalue weighted by Gasteiger charge is 2.11. The molecule has 0 fully saturated rings. The Hall–Kier alpha value is -3.11. The highest BCUT2D eigenvalue weighted by molar-refractivity contribution is 6.31. The van der Waals surface area contributed by atoms with Crippen LogP contribution in [0.1, 0.15) is 11.1 Å². The summed E-state index contributed by atoms with van der Waals surface area (Å²) in [6.07, 6.45) is 0. The molecule has 0 radical (unpaired) electrons. The molecule has 0 aliphatic heterocycles. The Kier molecular flexibility index (Phi) is 5.63. The summed E-state index contributed by atoms with van der Waals surface area (Å²) in [5.41, 5.74) is 2.50. The van der Waals surface area contributed by atoms with Crippen LogP contribution in [0.2, 0.25) is 5.02 Å². The predicted octanol–water partition coefficient (Wildman–Crippen LogP) is 6.96. The minimum atomic E-state index is -0.381. The number of benzene rings is 4. The first-order valence-corrected chi connectivity index (χ1v) is 9.55. The summed E-state index contributed by atoms with van der Waals surface area (Å²) < 4.78 is 32.5. The van der Waals surface area contributed by atoms with Crippen LogP contribution in [0.3, 0.4) is 0 Å². The molecule has 4 rings (SSSR count). The van der Waals surface area contributed by atoms with Crippen molar-refractivity contribution in [3.05, 3.63) is 107 Å². The molecular formula is C24H18ClF2NO. The van der Waals surface area contributed by atoms with Gasteiger partial charge in [-0.2, -0.15) is 0 Å². The highest BCUT2D eigenvalue weighted by atomic mass is 35.5. The smallest absolute Gasteiger partial charge is 0.125 e. The van der Waals surface area contributed by atoms with Gasteiger partial charge < -0.3 is 10.1 Å². The van der Waals surface area contributed by atoms with Gasteiger partial charge in [-0.3, -0.25) is 0 Å². The molecular weight excluding hydrogens is 392 g/mol. The highest BCUT2D eigenvalue weighted by Crippen LogP contribution is 2.30. The third-order valence-electron chi connectivity index (χ3n) is 4.71. The van der Waals surface area contributed by atoms with E-state index in [0.29, 0.717) is 22.9 Å². The number of hydrogen-bond acceptors (Lipinski definition) is 2. The van der Waals surface area contributed by atoms with E-state index < -0.39 is 0 Å². The molecule has 0 atom stereocenters. The number of nitrogens with one attached hydrogen (secondary N) is 1. The van der Waals surface area contributed by atoms with Gasteiger partial charge in [0.2, 0.25) is 0 Å². The first kappa shape index (κ1) is 19.2. The third kappa shape index (κ3) is 4.49. The number of hydrogen-bond donors (Lipinski definition) is 1. The third-order valence-corrected chi connectivity index (χ3v) is 5.06. The van der Waals surface area contributed by atoms with Gasteiger partial charge in [0, 0.05) is 23.4 Å². The van der Waals surface area contributed by atoms with Crippen molar-refractivity contribution in [2.24, 2.45) is 0 Å². The normalized spacial score (nSPS) is 10.9. The number of halogens is 3. The number of rotatable bonds is 6. The molecule has 0 amide bonds. The Morgan fingerprint density at radius 2 is 1.59 bits per heavy atom. The molecule has 0 unspecified atom stereocenters. The summed E-state index contributed by atoms with van der Waals surface area (Å²) in [4.78, 5) is 0. The van der Waals surface area contributed by atoms with Crippen molar-refractivity contribution in [3.63, 3.8) is 0 Å². The molecule has 0 spiro atoms. The van der Waals surface area contributed by atoms with Crippen LogP contribution in [0.4, 0.5) is 14.5 Å². The minimum absolute atomic E-state index is 0.223. The topological polar surface area (TPSA) is 21.3 Å². The van der Waals surface area contributed by atoms with E-state index in [0.717, 1.165) is 22.0 Å². The molecule has 0 aliphatic rings. The Bertz CT molecular complexity index is 1150. The van der Waals surface area contributed by atoms with Gasteiger partial charge >= 0.3 is 0 Å². The van der Waals surface area contributed by atoms with E-state index in [9.17, 15) is 8.78 Å². The summed E-state index contributed by atoms with van der Waals surface area (Å²) in [5.74, 6) is 0.0493. The molecule has 2 nitrogen and oxygen atoms in total. The van der Waals surface area contributed by atoms with E-state index in [-0.39, 0.29) is 18.2 Å². The van der Waals surface area contributed by atoms with Crippen molar-refractivity contribution >= 4 is 28.1 Å². The maximum Gasteiger partial charge on any atom is 0.125 e. The van der Waals surface area contributed by atoms with Gasteiger partial charge in [0.1, 0.15) is 24.0 Å². The van der Waals surface area contributed by atoms with Crippen LogP contribution in [-0.2, 0) is 13.2 Å². The summed E-state index contributed by atoms with van der Waals surface area (Å²) >= 11 is 6.12. The summed E-state index contributed by atoms with van der Waals surface area (Å²) in [6.45, 7) is 0.723. The van der Waals surface area contributed by atoms with Gasteiger partial charge in [0.05, 0.1) is 5.02 Å². The van der Waals surface area contributed by atoms with Crippen LogP contribution < -0.4 is 10.1 Å². The maximum atomic E-state index is 13.3. The fourth-order valence-corrected chi connectivity index (χ4v) is 3.41. The second kappa shape index (κ2) is 8.50. The molecule has 4 aromatic rings. The lowest BCUT2D eigenvalue weighted by Crippen LogP contribution is -2.05. The molecule has 1 N–H and O–H groups in total. The van der Waals surface area contributed by atoms with Crippen LogP contribution in [0.5, 0.6) is 5.75 Å². The first-order chi connectivity index (χ1) is 14.1. The molecule has 0 saturated heterocycles. The molecule has 4 aromatic carbocycles. The number of fused-ring (bicyclic) bond motifs is 1.